The van der Waals surface area contributed by atoms with Gasteiger partial charge in [-0.3, -0.25) is 0 Å². The third kappa shape index (κ3) is 5.54. The lowest BCUT2D eigenvalue weighted by atomic mass is 10.1. The van der Waals surface area contributed by atoms with Crippen LogP contribution in [0.15, 0.2) is 18.2 Å². The van der Waals surface area contributed by atoms with Crippen molar-refractivity contribution in [3.05, 3.63) is 34.9 Å². The molecule has 0 spiro atoms. The first-order chi connectivity index (χ1) is 10.7. The average molecular weight is 318 g/mol. The number of nitrogens with one attached hydrogen (secondary N) is 2. The van der Waals surface area contributed by atoms with E-state index in [1.54, 1.807) is 0 Å². The molecule has 0 radical (unpaired) electrons. The molecule has 4 heteroatoms. The summed E-state index contributed by atoms with van der Waals surface area (Å²) < 4.78 is 5.36. The monoisotopic (exact) mass is 318 g/mol. The van der Waals surface area contributed by atoms with E-state index in [0.29, 0.717) is 6.04 Å². The minimum atomic E-state index is -0.453. The molecular formula is C19H30N2O2. The molecule has 0 aliphatic heterocycles. The zero-order valence-electron chi connectivity index (χ0n) is 15.0. The van der Waals surface area contributed by atoms with Gasteiger partial charge in [-0.1, -0.05) is 18.2 Å². The summed E-state index contributed by atoms with van der Waals surface area (Å²) in [5.74, 6) is 0. The maximum atomic E-state index is 12.0. The van der Waals surface area contributed by atoms with Crippen LogP contribution in [0.1, 0.15) is 56.7 Å². The largest absolute Gasteiger partial charge is 0.444 e. The Hall–Kier alpha value is -1.55. The van der Waals surface area contributed by atoms with Gasteiger partial charge in [0.2, 0.25) is 0 Å². The van der Waals surface area contributed by atoms with Crippen LogP contribution in [0.25, 0.3) is 0 Å². The van der Waals surface area contributed by atoms with Crippen LogP contribution in [-0.2, 0) is 11.3 Å². The maximum Gasteiger partial charge on any atom is 0.407 e. The molecule has 1 amide bonds. The standard InChI is InChI=1S/C19H30N2O2/c1-13-9-10-15(11-14(13)2)12-20-16-7-6-8-17(16)21-18(22)23-19(3,4)5/h9-11,16-17,20H,6-8,12H2,1-5H3,(H,21,22). The van der Waals surface area contributed by atoms with Gasteiger partial charge in [-0.05, 0) is 70.6 Å². The Morgan fingerprint density at radius 1 is 1.17 bits per heavy atom. The van der Waals surface area contributed by atoms with Crippen LogP contribution in [0.3, 0.4) is 0 Å². The molecule has 0 heterocycles. The number of rotatable bonds is 4. The van der Waals surface area contributed by atoms with E-state index in [2.05, 4.69) is 42.7 Å². The summed E-state index contributed by atoms with van der Waals surface area (Å²) in [4.78, 5) is 12.0. The summed E-state index contributed by atoms with van der Waals surface area (Å²) in [6.45, 7) is 10.8. The zero-order valence-corrected chi connectivity index (χ0v) is 15.0. The van der Waals surface area contributed by atoms with Crippen molar-refractivity contribution in [1.29, 1.82) is 0 Å². The van der Waals surface area contributed by atoms with Crippen LogP contribution >= 0.6 is 0 Å². The quantitative estimate of drug-likeness (QED) is 0.887. The predicted octanol–water partition coefficient (Wildman–Crippen LogP) is 3.84. The Bertz CT molecular complexity index is 549. The van der Waals surface area contributed by atoms with Crippen molar-refractivity contribution in [3.63, 3.8) is 0 Å². The van der Waals surface area contributed by atoms with Gasteiger partial charge in [-0.2, -0.15) is 0 Å². The van der Waals surface area contributed by atoms with Gasteiger partial charge in [-0.15, -0.1) is 0 Å². The second-order valence-electron chi connectivity index (χ2n) is 7.59. The van der Waals surface area contributed by atoms with Crippen LogP contribution in [0.2, 0.25) is 0 Å². The van der Waals surface area contributed by atoms with Gasteiger partial charge in [0.25, 0.3) is 0 Å². The van der Waals surface area contributed by atoms with Gasteiger partial charge in [0.1, 0.15) is 5.60 Å². The van der Waals surface area contributed by atoms with Crippen molar-refractivity contribution in [3.8, 4) is 0 Å². The summed E-state index contributed by atoms with van der Waals surface area (Å²) in [5, 5.41) is 6.61. The number of amides is 1. The third-order valence-electron chi connectivity index (χ3n) is 4.36. The molecule has 1 saturated carbocycles. The number of aryl methyl sites for hydroxylation is 2. The summed E-state index contributed by atoms with van der Waals surface area (Å²) >= 11 is 0. The highest BCUT2D eigenvalue weighted by Gasteiger charge is 2.29. The Morgan fingerprint density at radius 2 is 1.87 bits per heavy atom. The van der Waals surface area contributed by atoms with Gasteiger partial charge >= 0.3 is 6.09 Å². The lowest BCUT2D eigenvalue weighted by Gasteiger charge is -2.25. The lowest BCUT2D eigenvalue weighted by Crippen LogP contribution is -2.47. The Balaban J connectivity index is 1.86. The van der Waals surface area contributed by atoms with Crippen molar-refractivity contribution < 1.29 is 9.53 Å². The highest BCUT2D eigenvalue weighted by molar-refractivity contribution is 5.68. The molecule has 2 unspecified atom stereocenters. The molecule has 128 valence electrons. The fourth-order valence-electron chi connectivity index (χ4n) is 3.00. The molecular weight excluding hydrogens is 288 g/mol. The minimum Gasteiger partial charge on any atom is -0.444 e. The summed E-state index contributed by atoms with van der Waals surface area (Å²) in [6.07, 6.45) is 2.91. The van der Waals surface area contributed by atoms with Gasteiger partial charge in [0.05, 0.1) is 0 Å². The molecule has 2 N–H and O–H groups in total. The Morgan fingerprint density at radius 3 is 2.52 bits per heavy atom. The number of alkyl carbamates (subject to hydrolysis) is 1. The van der Waals surface area contributed by atoms with E-state index in [1.807, 2.05) is 20.8 Å². The maximum absolute atomic E-state index is 12.0. The van der Waals surface area contributed by atoms with Crippen LogP contribution < -0.4 is 10.6 Å². The fourth-order valence-corrected chi connectivity index (χ4v) is 3.00. The first-order valence-electron chi connectivity index (χ1n) is 8.53. The highest BCUT2D eigenvalue weighted by Crippen LogP contribution is 2.21. The molecule has 1 aromatic rings. The van der Waals surface area contributed by atoms with Gasteiger partial charge in [0.15, 0.2) is 0 Å². The lowest BCUT2D eigenvalue weighted by molar-refractivity contribution is 0.0498. The van der Waals surface area contributed by atoms with Crippen LogP contribution in [0, 0.1) is 13.8 Å². The van der Waals surface area contributed by atoms with E-state index in [-0.39, 0.29) is 12.1 Å². The smallest absolute Gasteiger partial charge is 0.407 e. The SMILES string of the molecule is Cc1ccc(CNC2CCCC2NC(=O)OC(C)(C)C)cc1C. The number of carbonyl (C=O) groups excluding carboxylic acids is 1. The van der Waals surface area contributed by atoms with Crippen molar-refractivity contribution in [2.24, 2.45) is 0 Å². The average Bonchev–Trinajstić information content (AvgIpc) is 2.85. The second-order valence-corrected chi connectivity index (χ2v) is 7.59. The van der Waals surface area contributed by atoms with Gasteiger partial charge < -0.3 is 15.4 Å². The molecule has 1 aromatic carbocycles. The first kappa shape index (κ1) is 17.8. The van der Waals surface area contributed by atoms with Crippen molar-refractivity contribution in [2.75, 3.05) is 0 Å². The molecule has 23 heavy (non-hydrogen) atoms. The second kappa shape index (κ2) is 7.35. The summed E-state index contributed by atoms with van der Waals surface area (Å²) in [5.41, 5.74) is 3.47. The fraction of sp³-hybridized carbons (Fsp3) is 0.632. The number of benzene rings is 1. The van der Waals surface area contributed by atoms with Crippen LogP contribution in [0.5, 0.6) is 0 Å². The third-order valence-corrected chi connectivity index (χ3v) is 4.36. The molecule has 0 bridgehead atoms. The summed E-state index contributed by atoms with van der Waals surface area (Å²) in [7, 11) is 0. The van der Waals surface area contributed by atoms with E-state index in [0.717, 1.165) is 25.8 Å². The number of hydrogen-bond acceptors (Lipinski definition) is 3. The van der Waals surface area contributed by atoms with E-state index in [1.165, 1.54) is 16.7 Å². The number of hydrogen-bond donors (Lipinski definition) is 2. The predicted molar refractivity (Wildman–Crippen MR) is 93.6 cm³/mol. The molecule has 1 aliphatic rings. The van der Waals surface area contributed by atoms with E-state index in [9.17, 15) is 4.79 Å². The highest BCUT2D eigenvalue weighted by atomic mass is 16.6. The normalized spacial score (nSPS) is 21.3. The summed E-state index contributed by atoms with van der Waals surface area (Å²) in [6, 6.07) is 7.02. The van der Waals surface area contributed by atoms with E-state index >= 15 is 0 Å². The van der Waals surface area contributed by atoms with Crippen LogP contribution in [-0.4, -0.2) is 23.8 Å². The minimum absolute atomic E-state index is 0.149. The molecule has 1 fully saturated rings. The van der Waals surface area contributed by atoms with Crippen LogP contribution in [0.4, 0.5) is 4.79 Å². The van der Waals surface area contributed by atoms with E-state index < -0.39 is 5.60 Å². The van der Waals surface area contributed by atoms with Crippen molar-refractivity contribution in [1.82, 2.24) is 10.6 Å². The molecule has 2 atom stereocenters. The molecule has 0 saturated heterocycles. The molecule has 1 aliphatic carbocycles. The number of ether oxygens (including phenoxy) is 1. The van der Waals surface area contributed by atoms with E-state index in [4.69, 9.17) is 4.74 Å². The Kier molecular flexibility index (Phi) is 5.69. The van der Waals surface area contributed by atoms with Gasteiger partial charge in [-0.25, -0.2) is 4.79 Å². The first-order valence-corrected chi connectivity index (χ1v) is 8.53. The van der Waals surface area contributed by atoms with Crippen molar-refractivity contribution in [2.45, 2.75) is 78.1 Å². The Labute approximate surface area is 140 Å². The zero-order chi connectivity index (χ0) is 17.0. The van der Waals surface area contributed by atoms with Gasteiger partial charge in [0, 0.05) is 18.6 Å². The molecule has 4 nitrogen and oxygen atoms in total. The topological polar surface area (TPSA) is 50.4 Å². The molecule has 0 aromatic heterocycles. The molecule has 2 rings (SSSR count). The number of carbonyl (C=O) groups is 1. The van der Waals surface area contributed by atoms with Crippen molar-refractivity contribution >= 4 is 6.09 Å².